The largest absolute Gasteiger partial charge is 0.385 e. The number of hydrogen-bond acceptors (Lipinski definition) is 4. The van der Waals surface area contributed by atoms with Gasteiger partial charge in [-0.05, 0) is 56.0 Å². The molecule has 2 heterocycles. The number of amides is 2. The molecule has 0 radical (unpaired) electrons. The molecule has 2 fully saturated rings. The zero-order valence-electron chi connectivity index (χ0n) is 12.7. The van der Waals surface area contributed by atoms with Crippen LogP contribution in [-0.4, -0.2) is 31.4 Å². The molecule has 0 aromatic heterocycles. The minimum Gasteiger partial charge on any atom is -0.385 e. The van der Waals surface area contributed by atoms with Crippen LogP contribution >= 0.6 is 0 Å². The Morgan fingerprint density at radius 1 is 1.14 bits per heavy atom. The van der Waals surface area contributed by atoms with Crippen LogP contribution < -0.4 is 16.0 Å². The first-order valence-electron chi connectivity index (χ1n) is 8.10. The fourth-order valence-corrected chi connectivity index (χ4v) is 3.22. The molecule has 0 saturated carbocycles. The van der Waals surface area contributed by atoms with Crippen LogP contribution in [0.5, 0.6) is 0 Å². The number of carbonyl (C=O) groups excluding carboxylic acids is 2. The molecule has 5 nitrogen and oxygen atoms in total. The highest BCUT2D eigenvalue weighted by molar-refractivity contribution is 6.01. The van der Waals surface area contributed by atoms with Gasteiger partial charge in [0, 0.05) is 18.7 Å². The molecular weight excluding hydrogens is 278 g/mol. The summed E-state index contributed by atoms with van der Waals surface area (Å²) in [5.41, 5.74) is 2.04. The van der Waals surface area contributed by atoms with Crippen LogP contribution in [0.3, 0.4) is 0 Å². The highest BCUT2D eigenvalue weighted by atomic mass is 16.2. The number of rotatable bonds is 4. The lowest BCUT2D eigenvalue weighted by Crippen LogP contribution is -2.39. The lowest BCUT2D eigenvalue weighted by molar-refractivity contribution is -0.134. The van der Waals surface area contributed by atoms with E-state index in [1.54, 1.807) is 0 Å². The maximum absolute atomic E-state index is 12.0. The summed E-state index contributed by atoms with van der Waals surface area (Å²) < 4.78 is 0. The summed E-state index contributed by atoms with van der Waals surface area (Å²) in [6.07, 6.45) is 3.44. The minimum atomic E-state index is -0.210. The van der Waals surface area contributed by atoms with Crippen LogP contribution in [0.2, 0.25) is 0 Å². The molecule has 2 aliphatic rings. The van der Waals surface area contributed by atoms with Gasteiger partial charge in [-0.3, -0.25) is 14.9 Å². The first-order chi connectivity index (χ1) is 10.7. The summed E-state index contributed by atoms with van der Waals surface area (Å²) in [6.45, 7) is 3.17. The van der Waals surface area contributed by atoms with Gasteiger partial charge in [0.25, 0.3) is 0 Å². The Morgan fingerprint density at radius 3 is 2.73 bits per heavy atom. The van der Waals surface area contributed by atoms with Crippen LogP contribution in [0.25, 0.3) is 0 Å². The van der Waals surface area contributed by atoms with E-state index in [2.05, 4.69) is 16.0 Å². The van der Waals surface area contributed by atoms with E-state index in [0.29, 0.717) is 18.8 Å². The van der Waals surface area contributed by atoms with Gasteiger partial charge in [-0.1, -0.05) is 12.1 Å². The number of nitrogens with one attached hydrogen (secondary N) is 3. The van der Waals surface area contributed by atoms with Crippen molar-refractivity contribution in [2.24, 2.45) is 5.92 Å². The Bertz CT molecular complexity index is 553. The van der Waals surface area contributed by atoms with Crippen molar-refractivity contribution in [2.45, 2.75) is 31.6 Å². The van der Waals surface area contributed by atoms with E-state index in [1.165, 1.54) is 12.8 Å². The van der Waals surface area contributed by atoms with E-state index in [4.69, 9.17) is 0 Å². The quantitative estimate of drug-likeness (QED) is 0.739. The van der Waals surface area contributed by atoms with Crippen molar-refractivity contribution in [2.75, 3.05) is 25.0 Å². The molecule has 0 aliphatic carbocycles. The Morgan fingerprint density at radius 2 is 1.95 bits per heavy atom. The first kappa shape index (κ1) is 15.0. The van der Waals surface area contributed by atoms with Crippen molar-refractivity contribution in [3.63, 3.8) is 0 Å². The predicted molar refractivity (Wildman–Crippen MR) is 85.7 cm³/mol. The molecule has 1 aromatic carbocycles. The van der Waals surface area contributed by atoms with Crippen LogP contribution in [0.4, 0.5) is 5.69 Å². The van der Waals surface area contributed by atoms with Gasteiger partial charge in [-0.2, -0.15) is 0 Å². The summed E-state index contributed by atoms with van der Waals surface area (Å²) in [7, 11) is 0. The molecule has 1 atom stereocenters. The molecular formula is C17H23N3O2. The van der Waals surface area contributed by atoms with Crippen molar-refractivity contribution < 1.29 is 9.59 Å². The van der Waals surface area contributed by atoms with E-state index < -0.39 is 0 Å². The lowest BCUT2D eigenvalue weighted by atomic mass is 9.90. The Balaban J connectivity index is 1.62. The summed E-state index contributed by atoms with van der Waals surface area (Å²) in [6, 6.07) is 8.02. The van der Waals surface area contributed by atoms with Gasteiger partial charge < -0.3 is 10.6 Å². The van der Waals surface area contributed by atoms with E-state index >= 15 is 0 Å². The number of imide groups is 1. The van der Waals surface area contributed by atoms with E-state index in [9.17, 15) is 9.59 Å². The van der Waals surface area contributed by atoms with Gasteiger partial charge in [0.05, 0.1) is 5.92 Å². The summed E-state index contributed by atoms with van der Waals surface area (Å²) in [5.74, 6) is 0.159. The van der Waals surface area contributed by atoms with Crippen molar-refractivity contribution >= 4 is 17.5 Å². The Labute approximate surface area is 130 Å². The fourth-order valence-electron chi connectivity index (χ4n) is 3.22. The normalized spacial score (nSPS) is 23.2. The van der Waals surface area contributed by atoms with Crippen LogP contribution in [0.15, 0.2) is 24.3 Å². The summed E-state index contributed by atoms with van der Waals surface area (Å²) in [4.78, 5) is 23.2. The van der Waals surface area contributed by atoms with E-state index in [0.717, 1.165) is 30.9 Å². The van der Waals surface area contributed by atoms with E-state index in [-0.39, 0.29) is 17.7 Å². The maximum Gasteiger partial charge on any atom is 0.234 e. The second-order valence-electron chi connectivity index (χ2n) is 6.20. The zero-order chi connectivity index (χ0) is 15.4. The summed E-state index contributed by atoms with van der Waals surface area (Å²) >= 11 is 0. The number of carbonyl (C=O) groups is 2. The molecule has 1 aromatic rings. The van der Waals surface area contributed by atoms with Crippen molar-refractivity contribution in [3.8, 4) is 0 Å². The second kappa shape index (κ2) is 6.92. The lowest BCUT2D eigenvalue weighted by Gasteiger charge is -2.24. The molecule has 0 spiro atoms. The smallest absolute Gasteiger partial charge is 0.234 e. The Hall–Kier alpha value is -1.88. The van der Waals surface area contributed by atoms with Crippen LogP contribution in [-0.2, 0) is 9.59 Å². The third kappa shape index (κ3) is 3.65. The molecule has 22 heavy (non-hydrogen) atoms. The van der Waals surface area contributed by atoms with Crippen LogP contribution in [0, 0.1) is 5.92 Å². The van der Waals surface area contributed by atoms with Gasteiger partial charge in [-0.15, -0.1) is 0 Å². The average Bonchev–Trinajstić information content (AvgIpc) is 2.54. The molecule has 0 bridgehead atoms. The number of anilines is 1. The second-order valence-corrected chi connectivity index (χ2v) is 6.20. The molecule has 3 rings (SSSR count). The zero-order valence-corrected chi connectivity index (χ0v) is 12.7. The van der Waals surface area contributed by atoms with Gasteiger partial charge in [0.1, 0.15) is 0 Å². The molecule has 118 valence electrons. The number of benzene rings is 1. The number of piperidine rings is 2. The summed E-state index contributed by atoms with van der Waals surface area (Å²) in [5, 5.41) is 9.29. The Kier molecular flexibility index (Phi) is 4.73. The minimum absolute atomic E-state index is 0.165. The first-order valence-corrected chi connectivity index (χ1v) is 8.10. The fraction of sp³-hybridized carbons (Fsp3) is 0.529. The molecule has 2 amide bonds. The monoisotopic (exact) mass is 301 g/mol. The van der Waals surface area contributed by atoms with Gasteiger partial charge in [0.15, 0.2) is 0 Å². The van der Waals surface area contributed by atoms with E-state index in [1.807, 2.05) is 24.3 Å². The standard InChI is InChI=1S/C17H23N3O2/c21-16-5-4-15(17(22)20-16)13-2-1-3-14(10-13)19-11-12-6-8-18-9-7-12/h1-3,10,12,15,18-19H,4-9,11H2,(H,20,21,22). The molecule has 2 aliphatic heterocycles. The van der Waals surface area contributed by atoms with Gasteiger partial charge >= 0.3 is 0 Å². The molecule has 5 heteroatoms. The van der Waals surface area contributed by atoms with Crippen LogP contribution in [0.1, 0.15) is 37.2 Å². The number of hydrogen-bond donors (Lipinski definition) is 3. The SMILES string of the molecule is O=C1CCC(c2cccc(NCC3CCNCC3)c2)C(=O)N1. The predicted octanol–water partition coefficient (Wildman–Crippen LogP) is 1.62. The highest BCUT2D eigenvalue weighted by Gasteiger charge is 2.27. The van der Waals surface area contributed by atoms with Gasteiger partial charge in [-0.25, -0.2) is 0 Å². The van der Waals surface area contributed by atoms with Crippen molar-refractivity contribution in [3.05, 3.63) is 29.8 Å². The highest BCUT2D eigenvalue weighted by Crippen LogP contribution is 2.27. The molecule has 3 N–H and O–H groups in total. The topological polar surface area (TPSA) is 70.2 Å². The third-order valence-electron chi connectivity index (χ3n) is 4.58. The van der Waals surface area contributed by atoms with Crippen molar-refractivity contribution in [1.29, 1.82) is 0 Å². The average molecular weight is 301 g/mol. The third-order valence-corrected chi connectivity index (χ3v) is 4.58. The van der Waals surface area contributed by atoms with Gasteiger partial charge in [0.2, 0.25) is 11.8 Å². The van der Waals surface area contributed by atoms with Crippen molar-refractivity contribution in [1.82, 2.24) is 10.6 Å². The molecule has 1 unspecified atom stereocenters. The molecule has 2 saturated heterocycles. The maximum atomic E-state index is 12.0.